The molecular weight excluding hydrogens is 310 g/mol. The number of amides is 2. The summed E-state index contributed by atoms with van der Waals surface area (Å²) >= 11 is 0. The van der Waals surface area contributed by atoms with E-state index in [1.165, 1.54) is 7.05 Å². The van der Waals surface area contributed by atoms with Gasteiger partial charge in [0, 0.05) is 13.6 Å². The number of rotatable bonds is 3. The summed E-state index contributed by atoms with van der Waals surface area (Å²) in [4.78, 5) is 36.5. The van der Waals surface area contributed by atoms with E-state index in [1.807, 2.05) is 0 Å². The van der Waals surface area contributed by atoms with E-state index >= 15 is 0 Å². The zero-order chi connectivity index (χ0) is 17.1. The van der Waals surface area contributed by atoms with Crippen molar-refractivity contribution in [3.8, 4) is 0 Å². The van der Waals surface area contributed by atoms with Gasteiger partial charge in [-0.05, 0) is 31.0 Å². The Bertz CT molecular complexity index is 650. The van der Waals surface area contributed by atoms with Gasteiger partial charge in [-0.3, -0.25) is 9.59 Å². The van der Waals surface area contributed by atoms with Crippen molar-refractivity contribution in [1.82, 2.24) is 10.2 Å². The van der Waals surface area contributed by atoms with Crippen LogP contribution in [0.2, 0.25) is 0 Å². The summed E-state index contributed by atoms with van der Waals surface area (Å²) in [6, 6.07) is 1.22. The fourth-order valence-electron chi connectivity index (χ4n) is 2.69. The van der Waals surface area contributed by atoms with Crippen molar-refractivity contribution in [1.29, 1.82) is 0 Å². The van der Waals surface area contributed by atoms with Crippen LogP contribution in [0.3, 0.4) is 0 Å². The number of piperidine rings is 1. The second-order valence-corrected chi connectivity index (χ2v) is 5.32. The molecule has 6 nitrogen and oxygen atoms in total. The Hall–Kier alpha value is -2.51. The van der Waals surface area contributed by atoms with Gasteiger partial charge in [0.2, 0.25) is 5.91 Å². The normalized spacial score (nSPS) is 20.9. The molecule has 1 heterocycles. The van der Waals surface area contributed by atoms with Gasteiger partial charge in [-0.15, -0.1) is 0 Å². The number of hydrogen-bond donors (Lipinski definition) is 2. The van der Waals surface area contributed by atoms with Crippen LogP contribution in [0.25, 0.3) is 0 Å². The molecule has 1 aliphatic rings. The SMILES string of the molecule is CNC(=O)[C@H]1CC[C@@H](C(=O)O)N(C(=O)c2cc(F)ccc2F)C1. The van der Waals surface area contributed by atoms with Crippen molar-refractivity contribution in [2.45, 2.75) is 18.9 Å². The van der Waals surface area contributed by atoms with E-state index in [9.17, 15) is 28.3 Å². The minimum Gasteiger partial charge on any atom is -0.480 e. The molecule has 2 amide bonds. The number of halogens is 2. The Balaban J connectivity index is 2.33. The fraction of sp³-hybridized carbons (Fsp3) is 0.400. The highest BCUT2D eigenvalue weighted by molar-refractivity contribution is 5.97. The molecule has 1 aromatic carbocycles. The maximum Gasteiger partial charge on any atom is 0.326 e. The van der Waals surface area contributed by atoms with Crippen molar-refractivity contribution in [2.75, 3.05) is 13.6 Å². The quantitative estimate of drug-likeness (QED) is 0.868. The first-order valence-corrected chi connectivity index (χ1v) is 7.05. The molecule has 124 valence electrons. The molecule has 1 aromatic rings. The molecule has 0 bridgehead atoms. The fourth-order valence-corrected chi connectivity index (χ4v) is 2.69. The third-order valence-electron chi connectivity index (χ3n) is 3.90. The smallest absolute Gasteiger partial charge is 0.326 e. The number of aliphatic carboxylic acids is 1. The Morgan fingerprint density at radius 1 is 1.26 bits per heavy atom. The van der Waals surface area contributed by atoms with Gasteiger partial charge in [0.05, 0.1) is 11.5 Å². The molecule has 0 unspecified atom stereocenters. The van der Waals surface area contributed by atoms with E-state index in [2.05, 4.69) is 5.32 Å². The molecule has 1 saturated heterocycles. The molecule has 0 aliphatic carbocycles. The highest BCUT2D eigenvalue weighted by atomic mass is 19.1. The van der Waals surface area contributed by atoms with Crippen LogP contribution in [0, 0.1) is 17.6 Å². The molecule has 2 N–H and O–H groups in total. The predicted octanol–water partition coefficient (Wildman–Crippen LogP) is 1.02. The lowest BCUT2D eigenvalue weighted by Crippen LogP contribution is -2.53. The molecule has 1 fully saturated rings. The van der Waals surface area contributed by atoms with Crippen LogP contribution < -0.4 is 5.32 Å². The standard InChI is InChI=1S/C15H16F2N2O4/c1-18-13(20)8-2-5-12(15(22)23)19(7-8)14(21)10-6-9(16)3-4-11(10)17/h3-4,6,8,12H,2,5,7H2,1H3,(H,18,20)(H,22,23)/t8-,12-/m0/s1. The molecule has 0 aromatic heterocycles. The van der Waals surface area contributed by atoms with E-state index in [-0.39, 0.29) is 18.9 Å². The maximum atomic E-state index is 13.8. The summed E-state index contributed by atoms with van der Waals surface area (Å²) in [7, 11) is 1.43. The van der Waals surface area contributed by atoms with Gasteiger partial charge in [0.1, 0.15) is 17.7 Å². The number of likely N-dealkylation sites (tertiary alicyclic amines) is 1. The van der Waals surface area contributed by atoms with Gasteiger partial charge >= 0.3 is 5.97 Å². The largest absolute Gasteiger partial charge is 0.480 e. The van der Waals surface area contributed by atoms with E-state index in [4.69, 9.17) is 0 Å². The Morgan fingerprint density at radius 3 is 2.57 bits per heavy atom. The molecule has 0 saturated carbocycles. The average Bonchev–Trinajstić information content (AvgIpc) is 2.54. The minimum absolute atomic E-state index is 0.0656. The zero-order valence-electron chi connectivity index (χ0n) is 12.4. The molecule has 0 radical (unpaired) electrons. The monoisotopic (exact) mass is 326 g/mol. The Kier molecular flexibility index (Phi) is 4.92. The number of carbonyl (C=O) groups excluding carboxylic acids is 2. The highest BCUT2D eigenvalue weighted by Crippen LogP contribution is 2.25. The Labute approximate surface area is 131 Å². The number of benzene rings is 1. The molecule has 2 atom stereocenters. The first kappa shape index (κ1) is 16.9. The van der Waals surface area contributed by atoms with E-state index < -0.39 is 41.0 Å². The maximum absolute atomic E-state index is 13.8. The summed E-state index contributed by atoms with van der Waals surface area (Å²) in [6.45, 7) is -0.161. The number of hydrogen-bond acceptors (Lipinski definition) is 3. The number of nitrogens with one attached hydrogen (secondary N) is 1. The molecular formula is C15H16F2N2O4. The van der Waals surface area contributed by atoms with Crippen molar-refractivity contribution < 1.29 is 28.3 Å². The average molecular weight is 326 g/mol. The summed E-state index contributed by atoms with van der Waals surface area (Å²) in [5.41, 5.74) is -0.547. The van der Waals surface area contributed by atoms with Crippen LogP contribution in [0.1, 0.15) is 23.2 Å². The van der Waals surface area contributed by atoms with Gasteiger partial charge in [-0.1, -0.05) is 0 Å². The van der Waals surface area contributed by atoms with Gasteiger partial charge in [-0.25, -0.2) is 13.6 Å². The van der Waals surface area contributed by atoms with Crippen LogP contribution in [0.4, 0.5) is 8.78 Å². The van der Waals surface area contributed by atoms with E-state index in [0.29, 0.717) is 6.42 Å². The lowest BCUT2D eigenvalue weighted by molar-refractivity contribution is -0.145. The number of carboxylic acid groups (broad SMARTS) is 1. The van der Waals surface area contributed by atoms with Crippen LogP contribution in [-0.4, -0.2) is 47.4 Å². The first-order chi connectivity index (χ1) is 10.8. The minimum atomic E-state index is -1.24. The van der Waals surface area contributed by atoms with Gasteiger partial charge < -0.3 is 15.3 Å². The highest BCUT2D eigenvalue weighted by Gasteiger charge is 2.39. The number of carbonyl (C=O) groups is 3. The molecule has 2 rings (SSSR count). The van der Waals surface area contributed by atoms with Crippen LogP contribution >= 0.6 is 0 Å². The summed E-state index contributed by atoms with van der Waals surface area (Å²) < 4.78 is 27.1. The van der Waals surface area contributed by atoms with Crippen molar-refractivity contribution >= 4 is 17.8 Å². The van der Waals surface area contributed by atoms with Gasteiger partial charge in [0.15, 0.2) is 0 Å². The van der Waals surface area contributed by atoms with Crippen molar-refractivity contribution in [3.63, 3.8) is 0 Å². The predicted molar refractivity (Wildman–Crippen MR) is 75.6 cm³/mol. The van der Waals surface area contributed by atoms with Gasteiger partial charge in [-0.2, -0.15) is 0 Å². The van der Waals surface area contributed by atoms with Crippen LogP contribution in [0.15, 0.2) is 18.2 Å². The second-order valence-electron chi connectivity index (χ2n) is 5.32. The van der Waals surface area contributed by atoms with E-state index in [1.54, 1.807) is 0 Å². The lowest BCUT2D eigenvalue weighted by Gasteiger charge is -2.36. The Morgan fingerprint density at radius 2 is 1.96 bits per heavy atom. The first-order valence-electron chi connectivity index (χ1n) is 7.05. The van der Waals surface area contributed by atoms with Crippen LogP contribution in [0.5, 0.6) is 0 Å². The van der Waals surface area contributed by atoms with E-state index in [0.717, 1.165) is 23.1 Å². The summed E-state index contributed by atoms with van der Waals surface area (Å²) in [6.07, 6.45) is 0.363. The van der Waals surface area contributed by atoms with Crippen molar-refractivity contribution in [2.24, 2.45) is 5.92 Å². The van der Waals surface area contributed by atoms with Crippen LogP contribution in [-0.2, 0) is 9.59 Å². The summed E-state index contributed by atoms with van der Waals surface area (Å²) in [5.74, 6) is -4.85. The number of carboxylic acids is 1. The molecule has 1 aliphatic heterocycles. The van der Waals surface area contributed by atoms with Crippen molar-refractivity contribution in [3.05, 3.63) is 35.4 Å². The molecule has 8 heteroatoms. The summed E-state index contributed by atoms with van der Waals surface area (Å²) in [5, 5.41) is 11.7. The number of nitrogens with zero attached hydrogens (tertiary/aromatic N) is 1. The molecule has 0 spiro atoms. The lowest BCUT2D eigenvalue weighted by atomic mass is 9.91. The second kappa shape index (κ2) is 6.72. The third-order valence-corrected chi connectivity index (χ3v) is 3.90. The topological polar surface area (TPSA) is 86.7 Å². The zero-order valence-corrected chi connectivity index (χ0v) is 12.4. The van der Waals surface area contributed by atoms with Gasteiger partial charge in [0.25, 0.3) is 5.91 Å². The molecule has 23 heavy (non-hydrogen) atoms. The third kappa shape index (κ3) is 3.46.